The van der Waals surface area contributed by atoms with Gasteiger partial charge in [-0.15, -0.1) is 0 Å². The lowest BCUT2D eigenvalue weighted by Gasteiger charge is -2.33. The van der Waals surface area contributed by atoms with Crippen LogP contribution >= 0.6 is 0 Å². The lowest BCUT2D eigenvalue weighted by molar-refractivity contribution is -0.147. The van der Waals surface area contributed by atoms with E-state index in [1.807, 2.05) is 36.0 Å². The topological polar surface area (TPSA) is 88.5 Å². The second-order valence-corrected chi connectivity index (χ2v) is 7.64. The Morgan fingerprint density at radius 1 is 1.34 bits per heavy atom. The molecule has 0 radical (unpaired) electrons. The van der Waals surface area contributed by atoms with Gasteiger partial charge in [0.25, 0.3) is 0 Å². The molecule has 0 bridgehead atoms. The molecule has 0 spiro atoms. The molecule has 3 heterocycles. The molecule has 2 aliphatic rings. The third-order valence-electron chi connectivity index (χ3n) is 5.74. The Kier molecular flexibility index (Phi) is 5.53. The number of rotatable bonds is 7. The van der Waals surface area contributed by atoms with Gasteiger partial charge < -0.3 is 20.3 Å². The standard InChI is InChI=1S/C21H27N5O3/c1-3-17-21(28)26-13-16(10-18(26)20(27)24-17)22-11-14-5-6-19(29-2)15(9-14)12-25-8-4-7-23-25/h4-9,16-18,22H,3,10-13H2,1-2H3,(H,24,27)/t16-,17-,18-/m0/s1. The summed E-state index contributed by atoms with van der Waals surface area (Å²) >= 11 is 0. The van der Waals surface area contributed by atoms with Gasteiger partial charge in [-0.05, 0) is 36.6 Å². The van der Waals surface area contributed by atoms with Crippen molar-refractivity contribution >= 4 is 11.8 Å². The molecule has 0 saturated carbocycles. The lowest BCUT2D eigenvalue weighted by Crippen LogP contribution is -2.60. The number of ether oxygens (including phenoxy) is 1. The van der Waals surface area contributed by atoms with Gasteiger partial charge in [-0.3, -0.25) is 14.3 Å². The molecular weight excluding hydrogens is 370 g/mol. The minimum atomic E-state index is -0.385. The Morgan fingerprint density at radius 3 is 2.93 bits per heavy atom. The number of benzene rings is 1. The van der Waals surface area contributed by atoms with E-state index in [2.05, 4.69) is 21.8 Å². The SMILES string of the molecule is CC[C@@H]1NC(=O)[C@@H]2C[C@H](NCc3ccc(OC)c(Cn4cccn4)c3)CN2C1=O. The van der Waals surface area contributed by atoms with Gasteiger partial charge in [0.2, 0.25) is 11.8 Å². The van der Waals surface area contributed by atoms with Crippen LogP contribution in [-0.4, -0.2) is 58.3 Å². The van der Waals surface area contributed by atoms with Crippen molar-refractivity contribution in [2.24, 2.45) is 0 Å². The van der Waals surface area contributed by atoms with Crippen molar-refractivity contribution in [1.29, 1.82) is 0 Å². The van der Waals surface area contributed by atoms with Crippen LogP contribution in [0.1, 0.15) is 30.9 Å². The predicted octanol–water partition coefficient (Wildman–Crippen LogP) is 0.907. The molecule has 2 fully saturated rings. The van der Waals surface area contributed by atoms with Crippen molar-refractivity contribution < 1.29 is 14.3 Å². The highest BCUT2D eigenvalue weighted by atomic mass is 16.5. The lowest BCUT2D eigenvalue weighted by atomic mass is 10.1. The minimum Gasteiger partial charge on any atom is -0.496 e. The van der Waals surface area contributed by atoms with Crippen molar-refractivity contribution in [2.45, 2.75) is 51.0 Å². The van der Waals surface area contributed by atoms with Crippen LogP contribution < -0.4 is 15.4 Å². The van der Waals surface area contributed by atoms with E-state index in [9.17, 15) is 9.59 Å². The first-order valence-electron chi connectivity index (χ1n) is 10.1. The van der Waals surface area contributed by atoms with E-state index in [4.69, 9.17) is 4.74 Å². The second-order valence-electron chi connectivity index (χ2n) is 7.64. The van der Waals surface area contributed by atoms with Crippen molar-refractivity contribution in [2.75, 3.05) is 13.7 Å². The number of nitrogens with zero attached hydrogens (tertiary/aromatic N) is 3. The molecule has 8 heteroatoms. The van der Waals surface area contributed by atoms with Crippen molar-refractivity contribution in [1.82, 2.24) is 25.3 Å². The summed E-state index contributed by atoms with van der Waals surface area (Å²) in [6.45, 7) is 3.79. The molecule has 3 atom stereocenters. The molecule has 2 aromatic rings. The fourth-order valence-electron chi connectivity index (χ4n) is 4.18. The van der Waals surface area contributed by atoms with Gasteiger partial charge in [-0.25, -0.2) is 0 Å². The zero-order chi connectivity index (χ0) is 20.4. The normalized spacial score (nSPS) is 23.8. The van der Waals surface area contributed by atoms with Gasteiger partial charge in [0.1, 0.15) is 17.8 Å². The fraction of sp³-hybridized carbons (Fsp3) is 0.476. The summed E-state index contributed by atoms with van der Waals surface area (Å²) in [6, 6.07) is 7.37. The summed E-state index contributed by atoms with van der Waals surface area (Å²) in [5.41, 5.74) is 2.18. The van der Waals surface area contributed by atoms with E-state index in [1.54, 1.807) is 18.2 Å². The molecule has 0 aliphatic carbocycles. The molecule has 2 amide bonds. The monoisotopic (exact) mass is 397 g/mol. The molecule has 29 heavy (non-hydrogen) atoms. The highest BCUT2D eigenvalue weighted by Crippen LogP contribution is 2.25. The highest BCUT2D eigenvalue weighted by Gasteiger charge is 2.45. The Hall–Kier alpha value is -2.87. The average molecular weight is 397 g/mol. The number of hydrogen-bond donors (Lipinski definition) is 2. The minimum absolute atomic E-state index is 0.0346. The first-order valence-corrected chi connectivity index (χ1v) is 10.1. The maximum absolute atomic E-state index is 12.5. The summed E-state index contributed by atoms with van der Waals surface area (Å²) < 4.78 is 7.34. The third kappa shape index (κ3) is 3.98. The van der Waals surface area contributed by atoms with Gasteiger partial charge in [-0.2, -0.15) is 5.10 Å². The molecule has 0 unspecified atom stereocenters. The van der Waals surface area contributed by atoms with Gasteiger partial charge in [-0.1, -0.05) is 13.0 Å². The largest absolute Gasteiger partial charge is 0.496 e. The quantitative estimate of drug-likeness (QED) is 0.725. The molecule has 4 rings (SSSR count). The van der Waals surface area contributed by atoms with Crippen LogP contribution in [0.5, 0.6) is 5.75 Å². The summed E-state index contributed by atoms with van der Waals surface area (Å²) in [7, 11) is 1.67. The van der Waals surface area contributed by atoms with Gasteiger partial charge in [0, 0.05) is 37.1 Å². The van der Waals surface area contributed by atoms with Crippen LogP contribution in [0.4, 0.5) is 0 Å². The molecular formula is C21H27N5O3. The number of aromatic nitrogens is 2. The highest BCUT2D eigenvalue weighted by molar-refractivity contribution is 5.97. The Labute approximate surface area is 170 Å². The van der Waals surface area contributed by atoms with E-state index >= 15 is 0 Å². The summed E-state index contributed by atoms with van der Waals surface area (Å²) in [4.78, 5) is 26.6. The molecule has 2 aliphatic heterocycles. The smallest absolute Gasteiger partial charge is 0.245 e. The Balaban J connectivity index is 1.40. The average Bonchev–Trinajstić information content (AvgIpc) is 3.39. The molecule has 8 nitrogen and oxygen atoms in total. The zero-order valence-electron chi connectivity index (χ0n) is 16.8. The predicted molar refractivity (Wildman–Crippen MR) is 107 cm³/mol. The molecule has 2 N–H and O–H groups in total. The number of piperazine rings is 1. The number of carbonyl (C=O) groups excluding carboxylic acids is 2. The second kappa shape index (κ2) is 8.24. The van der Waals surface area contributed by atoms with E-state index in [0.29, 0.717) is 32.5 Å². The Bertz CT molecular complexity index is 882. The fourth-order valence-corrected chi connectivity index (χ4v) is 4.18. The first kappa shape index (κ1) is 19.4. The zero-order valence-corrected chi connectivity index (χ0v) is 16.8. The summed E-state index contributed by atoms with van der Waals surface area (Å²) in [6.07, 6.45) is 4.94. The van der Waals surface area contributed by atoms with Crippen molar-refractivity contribution in [3.63, 3.8) is 0 Å². The molecule has 2 saturated heterocycles. The van der Waals surface area contributed by atoms with Gasteiger partial charge in [0.15, 0.2) is 0 Å². The number of carbonyl (C=O) groups is 2. The van der Waals surface area contributed by atoms with Crippen LogP contribution in [0.15, 0.2) is 36.7 Å². The Morgan fingerprint density at radius 2 is 2.21 bits per heavy atom. The summed E-state index contributed by atoms with van der Waals surface area (Å²) in [5.74, 6) is 0.828. The van der Waals surface area contributed by atoms with Crippen molar-refractivity contribution in [3.05, 3.63) is 47.8 Å². The molecule has 1 aromatic heterocycles. The summed E-state index contributed by atoms with van der Waals surface area (Å²) in [5, 5.41) is 10.6. The molecule has 1 aromatic carbocycles. The van der Waals surface area contributed by atoms with Crippen LogP contribution in [0.25, 0.3) is 0 Å². The number of hydrogen-bond acceptors (Lipinski definition) is 5. The number of nitrogens with one attached hydrogen (secondary N) is 2. The maximum Gasteiger partial charge on any atom is 0.245 e. The van der Waals surface area contributed by atoms with E-state index in [1.165, 1.54) is 0 Å². The van der Waals surface area contributed by atoms with E-state index in [-0.39, 0.29) is 29.9 Å². The van der Waals surface area contributed by atoms with Crippen LogP contribution in [0.3, 0.4) is 0 Å². The first-order chi connectivity index (χ1) is 14.1. The molecule has 154 valence electrons. The third-order valence-corrected chi connectivity index (χ3v) is 5.74. The van der Waals surface area contributed by atoms with E-state index < -0.39 is 0 Å². The number of methoxy groups -OCH3 is 1. The van der Waals surface area contributed by atoms with Crippen LogP contribution in [0, 0.1) is 0 Å². The maximum atomic E-state index is 12.5. The number of amides is 2. The number of fused-ring (bicyclic) bond motifs is 1. The van der Waals surface area contributed by atoms with Crippen LogP contribution in [-0.2, 0) is 22.7 Å². The van der Waals surface area contributed by atoms with E-state index in [0.717, 1.165) is 16.9 Å². The van der Waals surface area contributed by atoms with Gasteiger partial charge in [0.05, 0.1) is 13.7 Å². The van der Waals surface area contributed by atoms with Gasteiger partial charge >= 0.3 is 0 Å². The van der Waals surface area contributed by atoms with Crippen molar-refractivity contribution in [3.8, 4) is 5.75 Å². The van der Waals surface area contributed by atoms with Crippen LogP contribution in [0.2, 0.25) is 0 Å².